The number of ether oxygens (including phenoxy) is 2. The number of amides is 1. The van der Waals surface area contributed by atoms with Crippen LogP contribution in [0.25, 0.3) is 0 Å². The van der Waals surface area contributed by atoms with Crippen LogP contribution in [-0.4, -0.2) is 40.0 Å². The minimum atomic E-state index is -3.98. The number of hydrogen-bond donors (Lipinski definition) is 1. The second-order valence-corrected chi connectivity index (χ2v) is 10.0. The van der Waals surface area contributed by atoms with Gasteiger partial charge in [-0.05, 0) is 79.9 Å². The Labute approximate surface area is 204 Å². The second-order valence-electron chi connectivity index (χ2n) is 8.38. The molecule has 0 saturated carbocycles. The molecule has 1 aliphatic heterocycles. The highest BCUT2D eigenvalue weighted by Gasteiger charge is 2.30. The van der Waals surface area contributed by atoms with E-state index < -0.39 is 15.8 Å². The first-order chi connectivity index (χ1) is 16.7. The third-order valence-corrected chi connectivity index (χ3v) is 7.86. The van der Waals surface area contributed by atoms with Gasteiger partial charge < -0.3 is 14.4 Å². The Balaban J connectivity index is 1.53. The minimum Gasteiger partial charge on any atom is -0.493 e. The predicted molar refractivity (Wildman–Crippen MR) is 131 cm³/mol. The molecule has 4 rings (SSSR count). The number of carbonyl (C=O) groups excluding carboxylic acids is 1. The Morgan fingerprint density at radius 3 is 2.37 bits per heavy atom. The molecule has 1 amide bonds. The lowest BCUT2D eigenvalue weighted by Crippen LogP contribution is -2.38. The summed E-state index contributed by atoms with van der Waals surface area (Å²) in [6.07, 6.45) is 0.677. The molecule has 0 bridgehead atoms. The van der Waals surface area contributed by atoms with E-state index >= 15 is 0 Å². The van der Waals surface area contributed by atoms with Gasteiger partial charge in [0.25, 0.3) is 15.9 Å². The summed E-state index contributed by atoms with van der Waals surface area (Å²) in [6, 6.07) is 13.8. The Hall–Kier alpha value is -3.59. The van der Waals surface area contributed by atoms with Crippen LogP contribution in [0.1, 0.15) is 40.0 Å². The number of benzene rings is 3. The number of fused-ring (bicyclic) bond motifs is 1. The van der Waals surface area contributed by atoms with Crippen LogP contribution in [0.5, 0.6) is 11.5 Å². The van der Waals surface area contributed by atoms with Crippen LogP contribution in [0.4, 0.5) is 10.1 Å². The van der Waals surface area contributed by atoms with E-state index in [0.717, 1.165) is 11.1 Å². The van der Waals surface area contributed by atoms with Crippen LogP contribution in [0.2, 0.25) is 0 Å². The number of carbonyl (C=O) groups is 1. The highest BCUT2D eigenvalue weighted by atomic mass is 32.2. The molecule has 1 aliphatic rings. The molecule has 0 aromatic heterocycles. The summed E-state index contributed by atoms with van der Waals surface area (Å²) in [4.78, 5) is 14.9. The summed E-state index contributed by atoms with van der Waals surface area (Å²) in [5, 5.41) is 0. The van der Waals surface area contributed by atoms with E-state index in [9.17, 15) is 17.6 Å². The number of rotatable bonds is 6. The van der Waals surface area contributed by atoms with E-state index in [1.54, 1.807) is 31.3 Å². The zero-order chi connectivity index (χ0) is 25.3. The van der Waals surface area contributed by atoms with Gasteiger partial charge in [-0.15, -0.1) is 0 Å². The van der Waals surface area contributed by atoms with E-state index in [1.807, 2.05) is 19.1 Å². The molecule has 35 heavy (non-hydrogen) atoms. The molecule has 0 aliphatic carbocycles. The third kappa shape index (κ3) is 4.68. The van der Waals surface area contributed by atoms with Crippen molar-refractivity contribution in [1.82, 2.24) is 4.90 Å². The molecular weight excluding hydrogens is 471 g/mol. The van der Waals surface area contributed by atoms with E-state index in [2.05, 4.69) is 4.72 Å². The quantitative estimate of drug-likeness (QED) is 0.532. The number of nitrogens with one attached hydrogen (secondary N) is 1. The smallest absolute Gasteiger partial charge is 0.262 e. The van der Waals surface area contributed by atoms with Crippen LogP contribution in [-0.2, 0) is 16.4 Å². The molecule has 0 radical (unpaired) electrons. The fraction of sp³-hybridized carbons (Fsp3) is 0.269. The van der Waals surface area contributed by atoms with Crippen LogP contribution in [0.15, 0.2) is 59.5 Å². The summed E-state index contributed by atoms with van der Waals surface area (Å²) >= 11 is 0. The lowest BCUT2D eigenvalue weighted by Gasteiger charge is -2.36. The molecule has 0 unspecified atom stereocenters. The largest absolute Gasteiger partial charge is 0.493 e. The molecule has 7 nitrogen and oxygen atoms in total. The second kappa shape index (κ2) is 9.58. The van der Waals surface area contributed by atoms with Crippen molar-refractivity contribution in [2.75, 3.05) is 25.5 Å². The SMILES string of the molecule is COc1cc2c(cc1OC)[C@H](C)N(C(=O)c1ccc(NS(=O)(=O)c3cccc(F)c3C)cc1)CC2. The van der Waals surface area contributed by atoms with Crippen molar-refractivity contribution < 1.29 is 27.1 Å². The lowest BCUT2D eigenvalue weighted by atomic mass is 9.92. The Kier molecular flexibility index (Phi) is 6.71. The van der Waals surface area contributed by atoms with Gasteiger partial charge in [-0.2, -0.15) is 0 Å². The van der Waals surface area contributed by atoms with E-state index in [-0.39, 0.29) is 28.1 Å². The highest BCUT2D eigenvalue weighted by molar-refractivity contribution is 7.92. The zero-order valence-electron chi connectivity index (χ0n) is 20.0. The number of halogens is 1. The van der Waals surface area contributed by atoms with Crippen molar-refractivity contribution >= 4 is 21.6 Å². The fourth-order valence-corrected chi connectivity index (χ4v) is 5.67. The first-order valence-corrected chi connectivity index (χ1v) is 12.6. The summed E-state index contributed by atoms with van der Waals surface area (Å²) in [7, 11) is -0.814. The van der Waals surface area contributed by atoms with Crippen molar-refractivity contribution in [3.63, 3.8) is 0 Å². The molecule has 1 N–H and O–H groups in total. The van der Waals surface area contributed by atoms with Crippen molar-refractivity contribution in [3.8, 4) is 11.5 Å². The number of anilines is 1. The summed E-state index contributed by atoms with van der Waals surface area (Å²) in [6.45, 7) is 3.91. The first-order valence-electron chi connectivity index (χ1n) is 11.1. The number of sulfonamides is 1. The van der Waals surface area contributed by atoms with E-state index in [1.165, 1.54) is 37.3 Å². The maximum atomic E-state index is 13.8. The van der Waals surface area contributed by atoms with Gasteiger partial charge in [0.05, 0.1) is 25.2 Å². The van der Waals surface area contributed by atoms with Crippen molar-refractivity contribution in [3.05, 3.63) is 82.7 Å². The van der Waals surface area contributed by atoms with Crippen molar-refractivity contribution in [2.24, 2.45) is 0 Å². The van der Waals surface area contributed by atoms with Crippen LogP contribution >= 0.6 is 0 Å². The van der Waals surface area contributed by atoms with Gasteiger partial charge in [0, 0.05) is 23.4 Å². The summed E-state index contributed by atoms with van der Waals surface area (Å²) in [5.74, 6) is 0.512. The lowest BCUT2D eigenvalue weighted by molar-refractivity contribution is 0.0677. The maximum absolute atomic E-state index is 13.8. The number of hydrogen-bond acceptors (Lipinski definition) is 5. The third-order valence-electron chi connectivity index (χ3n) is 6.34. The molecule has 0 fully saturated rings. The fourth-order valence-electron chi connectivity index (χ4n) is 4.36. The molecule has 184 valence electrons. The van der Waals surface area contributed by atoms with Gasteiger partial charge in [0.2, 0.25) is 0 Å². The van der Waals surface area contributed by atoms with E-state index in [0.29, 0.717) is 30.0 Å². The molecule has 1 atom stereocenters. The minimum absolute atomic E-state index is 0.0421. The highest BCUT2D eigenvalue weighted by Crippen LogP contribution is 2.38. The molecule has 3 aromatic rings. The van der Waals surface area contributed by atoms with Gasteiger partial charge in [-0.3, -0.25) is 9.52 Å². The standard InChI is InChI=1S/C26H27FN2O5S/c1-16-22(27)6-5-7-25(16)35(31,32)28-20-10-8-18(9-11-20)26(30)29-13-12-19-14-23(33-3)24(34-4)15-21(19)17(29)2/h5-11,14-15,17,28H,12-13H2,1-4H3/t17-/m0/s1. The average molecular weight is 499 g/mol. The Morgan fingerprint density at radius 1 is 1.06 bits per heavy atom. The molecular formula is C26H27FN2O5S. The summed E-state index contributed by atoms with van der Waals surface area (Å²) in [5.41, 5.74) is 2.86. The van der Waals surface area contributed by atoms with Gasteiger partial charge in [0.15, 0.2) is 11.5 Å². The van der Waals surface area contributed by atoms with Crippen LogP contribution in [0.3, 0.4) is 0 Å². The average Bonchev–Trinajstić information content (AvgIpc) is 2.85. The summed E-state index contributed by atoms with van der Waals surface area (Å²) < 4.78 is 52.5. The number of methoxy groups -OCH3 is 2. The molecule has 1 heterocycles. The normalized spacial score (nSPS) is 15.3. The zero-order valence-corrected chi connectivity index (χ0v) is 20.8. The van der Waals surface area contributed by atoms with Crippen LogP contribution in [0, 0.1) is 12.7 Å². The predicted octanol–water partition coefficient (Wildman–Crippen LogP) is 4.71. The topological polar surface area (TPSA) is 84.9 Å². The van der Waals surface area contributed by atoms with Crippen molar-refractivity contribution in [1.29, 1.82) is 0 Å². The van der Waals surface area contributed by atoms with Gasteiger partial charge in [0.1, 0.15) is 5.82 Å². The monoisotopic (exact) mass is 498 g/mol. The van der Waals surface area contributed by atoms with Gasteiger partial charge >= 0.3 is 0 Å². The van der Waals surface area contributed by atoms with Gasteiger partial charge in [-0.25, -0.2) is 12.8 Å². The Bertz CT molecular complexity index is 1370. The van der Waals surface area contributed by atoms with Gasteiger partial charge in [-0.1, -0.05) is 6.07 Å². The number of nitrogens with zero attached hydrogens (tertiary/aromatic N) is 1. The molecule has 9 heteroatoms. The molecule has 3 aromatic carbocycles. The van der Waals surface area contributed by atoms with E-state index in [4.69, 9.17) is 9.47 Å². The Morgan fingerprint density at radius 2 is 1.71 bits per heavy atom. The molecule has 0 saturated heterocycles. The first kappa shape index (κ1) is 24.5. The maximum Gasteiger partial charge on any atom is 0.262 e. The van der Waals surface area contributed by atoms with Crippen molar-refractivity contribution in [2.45, 2.75) is 31.2 Å². The van der Waals surface area contributed by atoms with Crippen LogP contribution < -0.4 is 14.2 Å². The molecule has 0 spiro atoms.